The molecule has 0 fully saturated rings. The van der Waals surface area contributed by atoms with E-state index < -0.39 is 10.0 Å². The largest absolute Gasteiger partial charge is 0.399 e. The highest BCUT2D eigenvalue weighted by molar-refractivity contribution is 7.89. The van der Waals surface area contributed by atoms with Crippen molar-refractivity contribution in [2.75, 3.05) is 17.7 Å². The van der Waals surface area contributed by atoms with Crippen molar-refractivity contribution in [2.45, 2.75) is 4.90 Å². The van der Waals surface area contributed by atoms with E-state index in [9.17, 15) is 8.42 Å². The molecule has 6 nitrogen and oxygen atoms in total. The van der Waals surface area contributed by atoms with Crippen LogP contribution in [-0.2, 0) is 10.0 Å². The van der Waals surface area contributed by atoms with E-state index in [0.29, 0.717) is 22.6 Å². The lowest BCUT2D eigenvalue weighted by atomic mass is 10.2. The van der Waals surface area contributed by atoms with Crippen LogP contribution in [0.1, 0.15) is 5.56 Å². The summed E-state index contributed by atoms with van der Waals surface area (Å²) >= 11 is 0. The summed E-state index contributed by atoms with van der Waals surface area (Å²) in [5.41, 5.74) is 7.47. The Morgan fingerprint density at radius 1 is 1.19 bits per heavy atom. The molecule has 0 saturated heterocycles. The van der Waals surface area contributed by atoms with E-state index in [1.165, 1.54) is 6.07 Å². The first kappa shape index (κ1) is 14.8. The van der Waals surface area contributed by atoms with Gasteiger partial charge in [-0.3, -0.25) is 0 Å². The van der Waals surface area contributed by atoms with Gasteiger partial charge >= 0.3 is 0 Å². The molecule has 0 radical (unpaired) electrons. The zero-order valence-corrected chi connectivity index (χ0v) is 12.1. The molecule has 21 heavy (non-hydrogen) atoms. The summed E-state index contributed by atoms with van der Waals surface area (Å²) in [6.07, 6.45) is 0. The van der Waals surface area contributed by atoms with Crippen molar-refractivity contribution < 1.29 is 8.42 Å². The molecule has 0 spiro atoms. The molecular weight excluding hydrogens is 288 g/mol. The quantitative estimate of drug-likeness (QED) is 0.835. The molecule has 2 aromatic rings. The summed E-state index contributed by atoms with van der Waals surface area (Å²) in [5, 5.41) is 14.2. The Morgan fingerprint density at radius 2 is 1.90 bits per heavy atom. The van der Waals surface area contributed by atoms with Gasteiger partial charge in [-0.15, -0.1) is 0 Å². The lowest BCUT2D eigenvalue weighted by Gasteiger charge is -2.22. The van der Waals surface area contributed by atoms with E-state index >= 15 is 0 Å². The Morgan fingerprint density at radius 3 is 2.52 bits per heavy atom. The van der Waals surface area contributed by atoms with E-state index in [4.69, 9.17) is 16.1 Å². The normalized spacial score (nSPS) is 10.9. The van der Waals surface area contributed by atoms with Gasteiger partial charge in [0.15, 0.2) is 0 Å². The maximum absolute atomic E-state index is 11.7. The van der Waals surface area contributed by atoms with Crippen molar-refractivity contribution in [1.82, 2.24) is 0 Å². The van der Waals surface area contributed by atoms with Crippen molar-refractivity contribution in [1.29, 1.82) is 5.26 Å². The number of anilines is 3. The van der Waals surface area contributed by atoms with E-state index in [1.807, 2.05) is 6.07 Å². The second-order valence-corrected chi connectivity index (χ2v) is 6.02. The monoisotopic (exact) mass is 302 g/mol. The minimum Gasteiger partial charge on any atom is -0.399 e. The van der Waals surface area contributed by atoms with Gasteiger partial charge in [-0.05, 0) is 36.4 Å². The Bertz CT molecular complexity index is 825. The Balaban J connectivity index is 2.58. The number of primary sulfonamides is 1. The summed E-state index contributed by atoms with van der Waals surface area (Å²) in [5.74, 6) is 0. The molecule has 0 atom stereocenters. The fourth-order valence-electron chi connectivity index (χ4n) is 1.96. The zero-order valence-electron chi connectivity index (χ0n) is 11.3. The van der Waals surface area contributed by atoms with Crippen molar-refractivity contribution in [3.63, 3.8) is 0 Å². The molecule has 0 aliphatic heterocycles. The van der Waals surface area contributed by atoms with Crippen LogP contribution in [0.25, 0.3) is 0 Å². The van der Waals surface area contributed by atoms with Crippen molar-refractivity contribution in [3.05, 3.63) is 48.0 Å². The maximum Gasteiger partial charge on any atom is 0.240 e. The van der Waals surface area contributed by atoms with Gasteiger partial charge in [0, 0.05) is 18.4 Å². The topological polar surface area (TPSA) is 113 Å². The van der Waals surface area contributed by atoms with Crippen LogP contribution in [0.5, 0.6) is 0 Å². The average Bonchev–Trinajstić information content (AvgIpc) is 2.45. The molecule has 0 bridgehead atoms. The molecule has 0 heterocycles. The Labute approximate surface area is 123 Å². The van der Waals surface area contributed by atoms with Gasteiger partial charge < -0.3 is 10.6 Å². The number of nitriles is 1. The van der Waals surface area contributed by atoms with Crippen LogP contribution in [0.15, 0.2) is 47.4 Å². The Kier molecular flexibility index (Phi) is 3.84. The van der Waals surface area contributed by atoms with Crippen LogP contribution in [0.2, 0.25) is 0 Å². The summed E-state index contributed by atoms with van der Waals surface area (Å²) in [7, 11) is -2.22. The summed E-state index contributed by atoms with van der Waals surface area (Å²) < 4.78 is 23.4. The van der Waals surface area contributed by atoms with Gasteiger partial charge in [0.05, 0.1) is 17.3 Å². The van der Waals surface area contributed by atoms with Crippen molar-refractivity contribution >= 4 is 27.1 Å². The first-order valence-corrected chi connectivity index (χ1v) is 7.54. The third-order valence-electron chi connectivity index (χ3n) is 3.01. The molecule has 0 aliphatic carbocycles. The summed E-state index contributed by atoms with van der Waals surface area (Å²) in [6.45, 7) is 0. The van der Waals surface area contributed by atoms with Crippen LogP contribution in [0, 0.1) is 11.3 Å². The first-order chi connectivity index (χ1) is 9.82. The molecule has 4 N–H and O–H groups in total. The fraction of sp³-hybridized carbons (Fsp3) is 0.0714. The SMILES string of the molecule is CN(c1cccc(C#N)c1)c1ccc(N)cc1S(N)(=O)=O. The van der Waals surface area contributed by atoms with E-state index in [2.05, 4.69) is 0 Å². The van der Waals surface area contributed by atoms with Gasteiger partial charge in [-0.25, -0.2) is 13.6 Å². The fourth-order valence-corrected chi connectivity index (χ4v) is 2.76. The van der Waals surface area contributed by atoms with Crippen LogP contribution < -0.4 is 15.8 Å². The number of benzene rings is 2. The standard InChI is InChI=1S/C14H14N4O2S/c1-18(12-4-2-3-10(7-12)9-15)13-6-5-11(16)8-14(13)21(17,19)20/h2-8H,16H2,1H3,(H2,17,19,20). The summed E-state index contributed by atoms with van der Waals surface area (Å²) in [6, 6.07) is 13.3. The van der Waals surface area contributed by atoms with Gasteiger partial charge in [-0.2, -0.15) is 5.26 Å². The number of hydrogen-bond donors (Lipinski definition) is 2. The zero-order chi connectivity index (χ0) is 15.6. The lowest BCUT2D eigenvalue weighted by molar-refractivity contribution is 0.598. The molecule has 0 aliphatic rings. The van der Waals surface area contributed by atoms with E-state index in [-0.39, 0.29) is 4.90 Å². The van der Waals surface area contributed by atoms with Gasteiger partial charge in [0.1, 0.15) is 4.90 Å². The maximum atomic E-state index is 11.7. The predicted molar refractivity (Wildman–Crippen MR) is 81.4 cm³/mol. The highest BCUT2D eigenvalue weighted by Crippen LogP contribution is 2.31. The number of rotatable bonds is 3. The predicted octanol–water partition coefficient (Wildman–Crippen LogP) is 1.56. The molecule has 0 aromatic heterocycles. The highest BCUT2D eigenvalue weighted by Gasteiger charge is 2.18. The van der Waals surface area contributed by atoms with Crippen LogP contribution in [0.3, 0.4) is 0 Å². The van der Waals surface area contributed by atoms with E-state index in [0.717, 1.165) is 0 Å². The van der Waals surface area contributed by atoms with Gasteiger partial charge in [0.25, 0.3) is 0 Å². The lowest BCUT2D eigenvalue weighted by Crippen LogP contribution is -2.19. The minimum atomic E-state index is -3.91. The van der Waals surface area contributed by atoms with Gasteiger partial charge in [-0.1, -0.05) is 6.07 Å². The number of nitrogens with zero attached hydrogens (tertiary/aromatic N) is 2. The smallest absolute Gasteiger partial charge is 0.240 e. The van der Waals surface area contributed by atoms with Gasteiger partial charge in [0.2, 0.25) is 10.0 Å². The molecule has 108 valence electrons. The molecule has 7 heteroatoms. The van der Waals surface area contributed by atoms with Crippen LogP contribution in [0.4, 0.5) is 17.1 Å². The average molecular weight is 302 g/mol. The summed E-state index contributed by atoms with van der Waals surface area (Å²) in [4.78, 5) is 1.58. The second-order valence-electron chi connectivity index (χ2n) is 4.49. The minimum absolute atomic E-state index is 0.0626. The Hall–Kier alpha value is -2.56. The van der Waals surface area contributed by atoms with Crippen LogP contribution in [-0.4, -0.2) is 15.5 Å². The van der Waals surface area contributed by atoms with Crippen molar-refractivity contribution in [2.24, 2.45) is 5.14 Å². The number of sulfonamides is 1. The first-order valence-electron chi connectivity index (χ1n) is 5.99. The third-order valence-corrected chi connectivity index (χ3v) is 3.95. The molecule has 0 unspecified atom stereocenters. The third kappa shape index (κ3) is 3.13. The van der Waals surface area contributed by atoms with Crippen LogP contribution >= 0.6 is 0 Å². The number of nitrogen functional groups attached to an aromatic ring is 1. The number of hydrogen-bond acceptors (Lipinski definition) is 5. The molecule has 2 aromatic carbocycles. The highest BCUT2D eigenvalue weighted by atomic mass is 32.2. The molecular formula is C14H14N4O2S. The number of nitrogens with two attached hydrogens (primary N) is 2. The molecule has 0 amide bonds. The second kappa shape index (κ2) is 5.44. The van der Waals surface area contributed by atoms with Crippen molar-refractivity contribution in [3.8, 4) is 6.07 Å². The molecule has 2 rings (SSSR count). The van der Waals surface area contributed by atoms with E-state index in [1.54, 1.807) is 48.3 Å². The molecule has 0 saturated carbocycles.